The highest BCUT2D eigenvalue weighted by Gasteiger charge is 2.19. The summed E-state index contributed by atoms with van der Waals surface area (Å²) >= 11 is 0. The number of carbonyl (C=O) groups is 1. The van der Waals surface area contributed by atoms with Crippen molar-refractivity contribution in [1.29, 1.82) is 0 Å². The number of halogens is 1. The van der Waals surface area contributed by atoms with Gasteiger partial charge < -0.3 is 15.4 Å². The van der Waals surface area contributed by atoms with Gasteiger partial charge >= 0.3 is 0 Å². The van der Waals surface area contributed by atoms with Gasteiger partial charge in [0.05, 0.1) is 13.2 Å². The van der Waals surface area contributed by atoms with Gasteiger partial charge in [0.25, 0.3) is 0 Å². The first-order valence-electron chi connectivity index (χ1n) is 7.84. The fraction of sp³-hybridized carbons (Fsp3) is 0.389. The molecule has 0 aromatic heterocycles. The lowest BCUT2D eigenvalue weighted by Gasteiger charge is -2.22. The first-order chi connectivity index (χ1) is 10.8. The van der Waals surface area contributed by atoms with Crippen LogP contribution in [0.1, 0.15) is 24.8 Å². The second-order valence-corrected chi connectivity index (χ2v) is 5.77. The molecule has 0 unspecified atom stereocenters. The molecule has 4 nitrogen and oxygen atoms in total. The van der Waals surface area contributed by atoms with Crippen molar-refractivity contribution in [3.8, 4) is 5.75 Å². The van der Waals surface area contributed by atoms with E-state index in [1.807, 2.05) is 18.2 Å². The molecule has 23 heavy (non-hydrogen) atoms. The summed E-state index contributed by atoms with van der Waals surface area (Å²) in [6.45, 7) is 1.51. The van der Waals surface area contributed by atoms with Crippen LogP contribution in [0.3, 0.4) is 0 Å². The third-order valence-electron chi connectivity index (χ3n) is 4.21. The lowest BCUT2D eigenvalue weighted by molar-refractivity contribution is -0.123. The quantitative estimate of drug-likeness (QED) is 0.903. The minimum absolute atomic E-state index is 0. The topological polar surface area (TPSA) is 50.4 Å². The van der Waals surface area contributed by atoms with Crippen molar-refractivity contribution in [3.05, 3.63) is 42.0 Å². The Morgan fingerprint density at radius 1 is 1.22 bits per heavy atom. The summed E-state index contributed by atoms with van der Waals surface area (Å²) in [5.41, 5.74) is 1.11. The molecule has 1 heterocycles. The van der Waals surface area contributed by atoms with E-state index in [0.29, 0.717) is 6.54 Å². The molecule has 2 aromatic rings. The Bertz CT molecular complexity index is 669. The van der Waals surface area contributed by atoms with Gasteiger partial charge in [-0.15, -0.1) is 12.4 Å². The number of nitrogens with one attached hydrogen (secondary N) is 2. The summed E-state index contributed by atoms with van der Waals surface area (Å²) in [6, 6.07) is 12.2. The van der Waals surface area contributed by atoms with Crippen molar-refractivity contribution in [2.45, 2.75) is 31.8 Å². The van der Waals surface area contributed by atoms with Crippen LogP contribution in [0.15, 0.2) is 36.4 Å². The number of carbonyl (C=O) groups excluding carboxylic acids is 1. The highest BCUT2D eigenvalue weighted by molar-refractivity contribution is 5.85. The van der Waals surface area contributed by atoms with Crippen LogP contribution in [0.4, 0.5) is 0 Å². The molecule has 0 bridgehead atoms. The normalized spacial score (nSPS) is 17.3. The molecule has 0 spiro atoms. The number of hydrogen-bond acceptors (Lipinski definition) is 3. The minimum Gasteiger partial charge on any atom is -0.497 e. The monoisotopic (exact) mass is 334 g/mol. The van der Waals surface area contributed by atoms with E-state index in [1.165, 1.54) is 0 Å². The molecule has 0 radical (unpaired) electrons. The van der Waals surface area contributed by atoms with Crippen molar-refractivity contribution in [2.24, 2.45) is 0 Å². The van der Waals surface area contributed by atoms with Crippen LogP contribution in [0, 0.1) is 0 Å². The van der Waals surface area contributed by atoms with Crippen LogP contribution in [-0.4, -0.2) is 25.6 Å². The number of hydrogen-bond donors (Lipinski definition) is 2. The maximum atomic E-state index is 12.1. The van der Waals surface area contributed by atoms with Crippen LogP contribution in [0.5, 0.6) is 5.75 Å². The summed E-state index contributed by atoms with van der Waals surface area (Å²) in [5.74, 6) is 0.964. The average molecular weight is 335 g/mol. The second-order valence-electron chi connectivity index (χ2n) is 5.77. The van der Waals surface area contributed by atoms with Crippen molar-refractivity contribution in [3.63, 3.8) is 0 Å². The van der Waals surface area contributed by atoms with Crippen LogP contribution in [-0.2, 0) is 11.3 Å². The Hall–Kier alpha value is -1.78. The van der Waals surface area contributed by atoms with Gasteiger partial charge in [-0.05, 0) is 53.9 Å². The number of benzene rings is 2. The zero-order valence-corrected chi connectivity index (χ0v) is 14.1. The molecule has 3 rings (SSSR count). The Kier molecular flexibility index (Phi) is 6.25. The summed E-state index contributed by atoms with van der Waals surface area (Å²) in [7, 11) is 1.67. The zero-order chi connectivity index (χ0) is 15.4. The van der Waals surface area contributed by atoms with E-state index in [9.17, 15) is 4.79 Å². The molecule has 5 heteroatoms. The predicted molar refractivity (Wildman–Crippen MR) is 95.2 cm³/mol. The van der Waals surface area contributed by atoms with Gasteiger partial charge in [0, 0.05) is 6.54 Å². The van der Waals surface area contributed by atoms with E-state index >= 15 is 0 Å². The summed E-state index contributed by atoms with van der Waals surface area (Å²) in [4.78, 5) is 12.1. The number of rotatable bonds is 4. The third-order valence-corrected chi connectivity index (χ3v) is 4.21. The van der Waals surface area contributed by atoms with Crippen LogP contribution >= 0.6 is 12.4 Å². The summed E-state index contributed by atoms with van der Waals surface area (Å²) in [5, 5.41) is 8.60. The molecule has 2 N–H and O–H groups in total. The number of fused-ring (bicyclic) bond motifs is 1. The molecule has 1 aliphatic rings. The average Bonchev–Trinajstić information content (AvgIpc) is 2.59. The minimum atomic E-state index is -0.0292. The van der Waals surface area contributed by atoms with Gasteiger partial charge in [-0.2, -0.15) is 0 Å². The van der Waals surface area contributed by atoms with E-state index in [2.05, 4.69) is 28.8 Å². The van der Waals surface area contributed by atoms with Gasteiger partial charge in [0.15, 0.2) is 0 Å². The number of amides is 1. The summed E-state index contributed by atoms with van der Waals surface area (Å²) < 4.78 is 5.23. The molecule has 1 aliphatic heterocycles. The van der Waals surface area contributed by atoms with Crippen molar-refractivity contribution >= 4 is 29.1 Å². The number of piperidine rings is 1. The Balaban J connectivity index is 0.00000192. The molecular formula is C18H23ClN2O2. The highest BCUT2D eigenvalue weighted by Crippen LogP contribution is 2.21. The summed E-state index contributed by atoms with van der Waals surface area (Å²) in [6.07, 6.45) is 3.23. The maximum Gasteiger partial charge on any atom is 0.237 e. The lowest BCUT2D eigenvalue weighted by Crippen LogP contribution is -2.46. The highest BCUT2D eigenvalue weighted by atomic mass is 35.5. The Morgan fingerprint density at radius 3 is 2.74 bits per heavy atom. The fourth-order valence-electron chi connectivity index (χ4n) is 2.90. The lowest BCUT2D eigenvalue weighted by atomic mass is 10.0. The first kappa shape index (κ1) is 17.6. The fourth-order valence-corrected chi connectivity index (χ4v) is 2.90. The molecule has 1 saturated heterocycles. The SMILES string of the molecule is COc1ccc2cc(CNC(=O)[C@H]3CCCCN3)ccc2c1.Cl. The number of ether oxygens (including phenoxy) is 1. The van der Waals surface area contributed by atoms with Crippen LogP contribution in [0.25, 0.3) is 10.8 Å². The third kappa shape index (κ3) is 4.36. The van der Waals surface area contributed by atoms with E-state index in [0.717, 1.165) is 47.9 Å². The standard InChI is InChI=1S/C18H22N2O2.ClH/c1-22-16-8-7-14-10-13(5-6-15(14)11-16)12-20-18(21)17-4-2-3-9-19-17;/h5-8,10-11,17,19H,2-4,9,12H2,1H3,(H,20,21);1H/t17-;/m1./s1. The van der Waals surface area contributed by atoms with Crippen molar-refractivity contribution in [2.75, 3.05) is 13.7 Å². The molecule has 1 amide bonds. The van der Waals surface area contributed by atoms with Gasteiger partial charge in [-0.25, -0.2) is 0 Å². The van der Waals surface area contributed by atoms with Gasteiger partial charge in [-0.3, -0.25) is 4.79 Å². The van der Waals surface area contributed by atoms with Gasteiger partial charge in [0.1, 0.15) is 5.75 Å². The van der Waals surface area contributed by atoms with E-state index in [1.54, 1.807) is 7.11 Å². The zero-order valence-electron chi connectivity index (χ0n) is 13.3. The number of methoxy groups -OCH3 is 1. The first-order valence-corrected chi connectivity index (χ1v) is 7.84. The molecule has 1 atom stereocenters. The molecular weight excluding hydrogens is 312 g/mol. The molecule has 0 saturated carbocycles. The van der Waals surface area contributed by atoms with Crippen molar-refractivity contribution < 1.29 is 9.53 Å². The molecule has 0 aliphatic carbocycles. The Morgan fingerprint density at radius 2 is 2.00 bits per heavy atom. The van der Waals surface area contributed by atoms with Gasteiger partial charge in [-0.1, -0.05) is 24.6 Å². The molecule has 124 valence electrons. The molecule has 1 fully saturated rings. The van der Waals surface area contributed by atoms with Crippen molar-refractivity contribution in [1.82, 2.24) is 10.6 Å². The van der Waals surface area contributed by atoms with E-state index < -0.39 is 0 Å². The maximum absolute atomic E-state index is 12.1. The van der Waals surface area contributed by atoms with E-state index in [4.69, 9.17) is 4.74 Å². The van der Waals surface area contributed by atoms with Gasteiger partial charge in [0.2, 0.25) is 5.91 Å². The molecule has 2 aromatic carbocycles. The predicted octanol–water partition coefficient (Wildman–Crippen LogP) is 3.03. The second kappa shape index (κ2) is 8.18. The largest absolute Gasteiger partial charge is 0.497 e. The smallest absolute Gasteiger partial charge is 0.237 e. The Labute approximate surface area is 143 Å². The van der Waals surface area contributed by atoms with Crippen LogP contribution < -0.4 is 15.4 Å². The van der Waals surface area contributed by atoms with E-state index in [-0.39, 0.29) is 24.4 Å². The van der Waals surface area contributed by atoms with Crippen LogP contribution in [0.2, 0.25) is 0 Å².